The third kappa shape index (κ3) is 3.54. The number of aromatic nitrogens is 1. The van der Waals surface area contributed by atoms with E-state index in [9.17, 15) is 29.9 Å². The molecule has 160 valence electrons. The second-order valence-corrected chi connectivity index (χ2v) is 6.52. The number of aliphatic hydroxyl groups is 2. The second-order valence-electron chi connectivity index (χ2n) is 6.52. The summed E-state index contributed by atoms with van der Waals surface area (Å²) < 4.78 is 16.3. The van der Waals surface area contributed by atoms with Gasteiger partial charge in [-0.3, -0.25) is 14.7 Å². The first-order valence-electron chi connectivity index (χ1n) is 8.95. The standard InChI is InChI=1S/C19H20N2O9/c1-28-18(24)16-14(12-8-11(23)13(9-22)30-12)15(21(26)27)17(19(25)29-2)20(16)10-6-4-3-5-7-10/h3-7,11-13,22-23H,8-9H2,1-2H3. The number of carbonyl (C=O) groups is 2. The van der Waals surface area contributed by atoms with E-state index < -0.39 is 53.2 Å². The predicted octanol–water partition coefficient (Wildman–Crippen LogP) is 1.14. The van der Waals surface area contributed by atoms with Crippen molar-refractivity contribution in [1.82, 2.24) is 4.57 Å². The number of ether oxygens (including phenoxy) is 3. The second kappa shape index (κ2) is 8.61. The zero-order valence-electron chi connectivity index (χ0n) is 16.2. The van der Waals surface area contributed by atoms with Gasteiger partial charge in [0.25, 0.3) is 0 Å². The van der Waals surface area contributed by atoms with Crippen molar-refractivity contribution in [2.45, 2.75) is 24.7 Å². The predicted molar refractivity (Wildman–Crippen MR) is 100 cm³/mol. The van der Waals surface area contributed by atoms with Crippen LogP contribution in [0, 0.1) is 10.1 Å². The number of carbonyl (C=O) groups excluding carboxylic acids is 2. The number of nitro groups is 1. The van der Waals surface area contributed by atoms with Gasteiger partial charge in [0.15, 0.2) is 0 Å². The summed E-state index contributed by atoms with van der Waals surface area (Å²) in [6, 6.07) is 8.04. The van der Waals surface area contributed by atoms with Gasteiger partial charge >= 0.3 is 17.6 Å². The maximum atomic E-state index is 12.7. The minimum Gasteiger partial charge on any atom is -0.464 e. The fraction of sp³-hybridized carbons (Fsp3) is 0.368. The topological polar surface area (TPSA) is 150 Å². The van der Waals surface area contributed by atoms with Gasteiger partial charge in [-0.2, -0.15) is 0 Å². The van der Waals surface area contributed by atoms with E-state index in [0.29, 0.717) is 0 Å². The Morgan fingerprint density at radius 3 is 2.30 bits per heavy atom. The molecule has 1 saturated heterocycles. The molecule has 0 saturated carbocycles. The van der Waals surface area contributed by atoms with Gasteiger partial charge in [-0.15, -0.1) is 0 Å². The van der Waals surface area contributed by atoms with Crippen molar-refractivity contribution in [1.29, 1.82) is 0 Å². The van der Waals surface area contributed by atoms with E-state index in [0.717, 1.165) is 18.8 Å². The first-order chi connectivity index (χ1) is 14.3. The van der Waals surface area contributed by atoms with Crippen molar-refractivity contribution in [3.63, 3.8) is 0 Å². The van der Waals surface area contributed by atoms with Crippen LogP contribution < -0.4 is 0 Å². The fourth-order valence-corrected chi connectivity index (χ4v) is 3.56. The van der Waals surface area contributed by atoms with E-state index in [1.54, 1.807) is 30.3 Å². The summed E-state index contributed by atoms with van der Waals surface area (Å²) in [5.74, 6) is -1.99. The highest BCUT2D eigenvalue weighted by Crippen LogP contribution is 2.44. The van der Waals surface area contributed by atoms with Crippen LogP contribution >= 0.6 is 0 Å². The van der Waals surface area contributed by atoms with Crippen molar-refractivity contribution in [3.8, 4) is 5.69 Å². The number of rotatable bonds is 6. The van der Waals surface area contributed by atoms with Gasteiger partial charge in [-0.05, 0) is 12.1 Å². The Labute approximate surface area is 170 Å². The third-order valence-corrected chi connectivity index (χ3v) is 4.86. The van der Waals surface area contributed by atoms with Crippen LogP contribution in [0.2, 0.25) is 0 Å². The molecular formula is C19H20N2O9. The van der Waals surface area contributed by atoms with E-state index in [-0.39, 0.29) is 23.4 Å². The molecule has 1 fully saturated rings. The van der Waals surface area contributed by atoms with Crippen LogP contribution in [0.5, 0.6) is 0 Å². The van der Waals surface area contributed by atoms with Gasteiger partial charge < -0.3 is 24.4 Å². The number of para-hydroxylation sites is 1. The number of benzene rings is 1. The summed E-state index contributed by atoms with van der Waals surface area (Å²) in [6.07, 6.45) is -3.39. The van der Waals surface area contributed by atoms with Crippen molar-refractivity contribution in [2.24, 2.45) is 0 Å². The number of hydrogen-bond donors (Lipinski definition) is 2. The van der Waals surface area contributed by atoms with Gasteiger partial charge in [-0.25, -0.2) is 9.59 Å². The Bertz CT molecular complexity index is 970. The molecule has 0 amide bonds. The van der Waals surface area contributed by atoms with Crippen LogP contribution in [0.3, 0.4) is 0 Å². The minimum atomic E-state index is -1.14. The number of aliphatic hydroxyl groups excluding tert-OH is 2. The molecule has 2 heterocycles. The Balaban J connectivity index is 2.40. The van der Waals surface area contributed by atoms with Crippen LogP contribution in [0.25, 0.3) is 5.69 Å². The molecule has 0 bridgehead atoms. The number of esters is 2. The lowest BCUT2D eigenvalue weighted by Gasteiger charge is -2.14. The maximum Gasteiger partial charge on any atom is 0.362 e. The highest BCUT2D eigenvalue weighted by Gasteiger charge is 2.46. The van der Waals surface area contributed by atoms with Gasteiger partial charge in [0, 0.05) is 12.1 Å². The highest BCUT2D eigenvalue weighted by molar-refractivity contribution is 6.01. The Kier molecular flexibility index (Phi) is 6.15. The largest absolute Gasteiger partial charge is 0.464 e. The zero-order chi connectivity index (χ0) is 22.0. The molecule has 1 aromatic heterocycles. The molecule has 2 N–H and O–H groups in total. The SMILES string of the molecule is COC(=O)c1c(C2CC(O)C(CO)O2)c([N+](=O)[O-])c(C(=O)OC)n1-c1ccccc1. The van der Waals surface area contributed by atoms with E-state index in [1.165, 1.54) is 0 Å². The molecule has 0 spiro atoms. The molecule has 30 heavy (non-hydrogen) atoms. The molecule has 11 nitrogen and oxygen atoms in total. The monoisotopic (exact) mass is 420 g/mol. The first kappa shape index (κ1) is 21.4. The van der Waals surface area contributed by atoms with Crippen LogP contribution in [-0.2, 0) is 14.2 Å². The van der Waals surface area contributed by atoms with Gasteiger partial charge in [-0.1, -0.05) is 18.2 Å². The van der Waals surface area contributed by atoms with Crippen LogP contribution in [0.1, 0.15) is 39.1 Å². The molecule has 3 atom stereocenters. The van der Waals surface area contributed by atoms with Crippen LogP contribution in [0.4, 0.5) is 5.69 Å². The van der Waals surface area contributed by atoms with E-state index in [1.807, 2.05) is 0 Å². The smallest absolute Gasteiger partial charge is 0.362 e. The summed E-state index contributed by atoms with van der Waals surface area (Å²) in [5.41, 5.74) is -1.43. The first-order valence-corrected chi connectivity index (χ1v) is 8.95. The zero-order valence-corrected chi connectivity index (χ0v) is 16.2. The summed E-state index contributed by atoms with van der Waals surface area (Å²) in [4.78, 5) is 36.5. The van der Waals surface area contributed by atoms with Gasteiger partial charge in [0.2, 0.25) is 5.69 Å². The molecule has 3 rings (SSSR count). The van der Waals surface area contributed by atoms with Gasteiger partial charge in [0.05, 0.1) is 43.5 Å². The third-order valence-electron chi connectivity index (χ3n) is 4.86. The lowest BCUT2D eigenvalue weighted by Crippen LogP contribution is -2.24. The van der Waals surface area contributed by atoms with Crippen LogP contribution in [0.15, 0.2) is 30.3 Å². The Hall–Kier alpha value is -3.28. The molecule has 3 unspecified atom stereocenters. The molecule has 11 heteroatoms. The number of methoxy groups -OCH3 is 2. The van der Waals surface area contributed by atoms with E-state index in [2.05, 4.69) is 0 Å². The Morgan fingerprint density at radius 2 is 1.80 bits per heavy atom. The molecule has 0 radical (unpaired) electrons. The van der Waals surface area contributed by atoms with Crippen LogP contribution in [-0.4, -0.2) is 64.7 Å². The van der Waals surface area contributed by atoms with E-state index >= 15 is 0 Å². The lowest BCUT2D eigenvalue weighted by atomic mass is 10.0. The fourth-order valence-electron chi connectivity index (χ4n) is 3.56. The highest BCUT2D eigenvalue weighted by atomic mass is 16.6. The number of hydrogen-bond acceptors (Lipinski definition) is 9. The summed E-state index contributed by atoms with van der Waals surface area (Å²) in [5, 5.41) is 31.5. The molecular weight excluding hydrogens is 400 g/mol. The quantitative estimate of drug-likeness (QED) is 0.398. The van der Waals surface area contributed by atoms with Crippen molar-refractivity contribution in [3.05, 3.63) is 57.4 Å². The normalized spacial score (nSPS) is 20.7. The molecule has 0 aliphatic carbocycles. The molecule has 1 aliphatic rings. The van der Waals surface area contributed by atoms with Crippen molar-refractivity contribution in [2.75, 3.05) is 20.8 Å². The Morgan fingerprint density at radius 1 is 1.20 bits per heavy atom. The molecule has 1 aromatic carbocycles. The maximum absolute atomic E-state index is 12.7. The van der Waals surface area contributed by atoms with E-state index in [4.69, 9.17) is 14.2 Å². The average molecular weight is 420 g/mol. The summed E-state index contributed by atoms with van der Waals surface area (Å²) in [6.45, 7) is -0.526. The number of nitrogens with zero attached hydrogens (tertiary/aromatic N) is 2. The minimum absolute atomic E-state index is 0.129. The summed E-state index contributed by atoms with van der Waals surface area (Å²) in [7, 11) is 2.16. The average Bonchev–Trinajstić information content (AvgIpc) is 3.30. The van der Waals surface area contributed by atoms with Crippen molar-refractivity contribution >= 4 is 17.6 Å². The lowest BCUT2D eigenvalue weighted by molar-refractivity contribution is -0.386. The molecule has 1 aliphatic heterocycles. The van der Waals surface area contributed by atoms with Gasteiger partial charge in [0.1, 0.15) is 11.8 Å². The van der Waals surface area contributed by atoms with Crippen molar-refractivity contribution < 1.29 is 38.9 Å². The summed E-state index contributed by atoms with van der Waals surface area (Å²) >= 11 is 0. The molecule has 2 aromatic rings.